The van der Waals surface area contributed by atoms with Crippen molar-refractivity contribution in [1.29, 1.82) is 0 Å². The van der Waals surface area contributed by atoms with Crippen molar-refractivity contribution in [2.45, 2.75) is 26.2 Å². The van der Waals surface area contributed by atoms with Crippen molar-refractivity contribution in [1.82, 2.24) is 4.90 Å². The lowest BCUT2D eigenvalue weighted by Crippen LogP contribution is -2.23. The second kappa shape index (κ2) is 6.65. The maximum absolute atomic E-state index is 2.33. The summed E-state index contributed by atoms with van der Waals surface area (Å²) in [5, 5.41) is 0. The Morgan fingerprint density at radius 2 is 1.53 bits per heavy atom. The first kappa shape index (κ1) is 14.0. The standard InChI is InChI=1S/C15H26N2/c1-13(2)14-7-9-15(10-8-14)17(5)12-6-11-16(3)4/h7-10,13H,6,11-12H2,1-5H3. The lowest BCUT2D eigenvalue weighted by molar-refractivity contribution is 0.401. The number of nitrogens with zero attached hydrogens (tertiary/aromatic N) is 2. The molecule has 0 aliphatic carbocycles. The number of benzene rings is 1. The molecule has 0 amide bonds. The fraction of sp³-hybridized carbons (Fsp3) is 0.600. The summed E-state index contributed by atoms with van der Waals surface area (Å²) in [7, 11) is 6.41. The van der Waals surface area contributed by atoms with Crippen LogP contribution in [0.4, 0.5) is 5.69 Å². The van der Waals surface area contributed by atoms with E-state index in [0.717, 1.165) is 13.1 Å². The largest absolute Gasteiger partial charge is 0.375 e. The van der Waals surface area contributed by atoms with E-state index in [9.17, 15) is 0 Å². The van der Waals surface area contributed by atoms with Gasteiger partial charge in [-0.25, -0.2) is 0 Å². The summed E-state index contributed by atoms with van der Waals surface area (Å²) in [6.45, 7) is 6.72. The van der Waals surface area contributed by atoms with Gasteiger partial charge in [-0.1, -0.05) is 26.0 Å². The van der Waals surface area contributed by atoms with Gasteiger partial charge in [0.05, 0.1) is 0 Å². The lowest BCUT2D eigenvalue weighted by Gasteiger charge is -2.21. The average molecular weight is 234 g/mol. The van der Waals surface area contributed by atoms with Crippen LogP contribution in [0.15, 0.2) is 24.3 Å². The maximum atomic E-state index is 2.33. The summed E-state index contributed by atoms with van der Waals surface area (Å²) in [6.07, 6.45) is 1.20. The van der Waals surface area contributed by atoms with Gasteiger partial charge in [-0.2, -0.15) is 0 Å². The minimum Gasteiger partial charge on any atom is -0.375 e. The van der Waals surface area contributed by atoms with Crippen molar-refractivity contribution in [3.05, 3.63) is 29.8 Å². The van der Waals surface area contributed by atoms with Crippen molar-refractivity contribution in [3.63, 3.8) is 0 Å². The molecule has 0 aromatic heterocycles. The summed E-state index contributed by atoms with van der Waals surface area (Å²) in [5.41, 5.74) is 2.73. The van der Waals surface area contributed by atoms with E-state index in [1.54, 1.807) is 0 Å². The molecule has 0 N–H and O–H groups in total. The molecule has 0 saturated heterocycles. The second-order valence-corrected chi connectivity index (χ2v) is 5.32. The molecule has 17 heavy (non-hydrogen) atoms. The zero-order valence-electron chi connectivity index (χ0n) is 11.9. The molecule has 1 rings (SSSR count). The predicted octanol–water partition coefficient (Wildman–Crippen LogP) is 3.20. The first-order chi connectivity index (χ1) is 8.00. The van der Waals surface area contributed by atoms with Crippen LogP contribution in [0.1, 0.15) is 31.7 Å². The molecule has 0 radical (unpaired) electrons. The molecule has 0 aliphatic rings. The smallest absolute Gasteiger partial charge is 0.0363 e. The lowest BCUT2D eigenvalue weighted by atomic mass is 10.0. The van der Waals surface area contributed by atoms with Crippen LogP contribution in [0.2, 0.25) is 0 Å². The van der Waals surface area contributed by atoms with Gasteiger partial charge in [0.25, 0.3) is 0 Å². The Kier molecular flexibility index (Phi) is 5.49. The Morgan fingerprint density at radius 3 is 2.00 bits per heavy atom. The molecular weight excluding hydrogens is 208 g/mol. The van der Waals surface area contributed by atoms with E-state index >= 15 is 0 Å². The fourth-order valence-corrected chi connectivity index (χ4v) is 1.87. The Balaban J connectivity index is 2.48. The van der Waals surface area contributed by atoms with Crippen LogP contribution in [-0.4, -0.2) is 39.1 Å². The van der Waals surface area contributed by atoms with Gasteiger partial charge in [0, 0.05) is 19.3 Å². The second-order valence-electron chi connectivity index (χ2n) is 5.32. The number of hydrogen-bond donors (Lipinski definition) is 0. The predicted molar refractivity (Wildman–Crippen MR) is 77.0 cm³/mol. The first-order valence-corrected chi connectivity index (χ1v) is 6.46. The number of rotatable bonds is 6. The third-order valence-corrected chi connectivity index (χ3v) is 3.10. The minimum absolute atomic E-state index is 0.614. The van der Waals surface area contributed by atoms with Crippen LogP contribution < -0.4 is 4.90 Å². The molecular formula is C15H26N2. The van der Waals surface area contributed by atoms with Crippen molar-refractivity contribution >= 4 is 5.69 Å². The molecule has 0 bridgehead atoms. The average Bonchev–Trinajstić information content (AvgIpc) is 2.28. The Labute approximate surface area is 106 Å². The molecule has 0 spiro atoms. The van der Waals surface area contributed by atoms with Crippen molar-refractivity contribution < 1.29 is 0 Å². The highest BCUT2D eigenvalue weighted by atomic mass is 15.1. The van der Waals surface area contributed by atoms with Gasteiger partial charge in [0.2, 0.25) is 0 Å². The fourth-order valence-electron chi connectivity index (χ4n) is 1.87. The third-order valence-electron chi connectivity index (χ3n) is 3.10. The summed E-state index contributed by atoms with van der Waals surface area (Å²) < 4.78 is 0. The van der Waals surface area contributed by atoms with E-state index < -0.39 is 0 Å². The molecule has 2 heteroatoms. The molecule has 0 aliphatic heterocycles. The zero-order chi connectivity index (χ0) is 12.8. The Hall–Kier alpha value is -1.02. The topological polar surface area (TPSA) is 6.48 Å². The summed E-state index contributed by atoms with van der Waals surface area (Å²) in [4.78, 5) is 4.56. The van der Waals surface area contributed by atoms with Crippen LogP contribution >= 0.6 is 0 Å². The third kappa shape index (κ3) is 4.78. The van der Waals surface area contributed by atoms with Crippen LogP contribution in [0.25, 0.3) is 0 Å². The van der Waals surface area contributed by atoms with Gasteiger partial charge in [0.15, 0.2) is 0 Å². The summed E-state index contributed by atoms with van der Waals surface area (Å²) >= 11 is 0. The molecule has 1 aromatic carbocycles. The highest BCUT2D eigenvalue weighted by Gasteiger charge is 2.03. The van der Waals surface area contributed by atoms with Crippen LogP contribution in [-0.2, 0) is 0 Å². The normalized spacial score (nSPS) is 11.2. The monoisotopic (exact) mass is 234 g/mol. The van der Waals surface area contributed by atoms with Crippen LogP contribution in [0.3, 0.4) is 0 Å². The highest BCUT2D eigenvalue weighted by Crippen LogP contribution is 2.19. The van der Waals surface area contributed by atoms with E-state index in [1.165, 1.54) is 17.7 Å². The van der Waals surface area contributed by atoms with Gasteiger partial charge in [-0.05, 0) is 50.7 Å². The van der Waals surface area contributed by atoms with E-state index in [1.807, 2.05) is 0 Å². The molecule has 0 heterocycles. The number of anilines is 1. The number of hydrogen-bond acceptors (Lipinski definition) is 2. The quantitative estimate of drug-likeness (QED) is 0.746. The van der Waals surface area contributed by atoms with Crippen LogP contribution in [0.5, 0.6) is 0 Å². The molecule has 0 fully saturated rings. The van der Waals surface area contributed by atoms with Crippen molar-refractivity contribution in [2.75, 3.05) is 39.1 Å². The first-order valence-electron chi connectivity index (χ1n) is 6.46. The van der Waals surface area contributed by atoms with Gasteiger partial charge < -0.3 is 9.80 Å². The molecule has 0 unspecified atom stereocenters. The Morgan fingerprint density at radius 1 is 0.941 bits per heavy atom. The van der Waals surface area contributed by atoms with Gasteiger partial charge >= 0.3 is 0 Å². The van der Waals surface area contributed by atoms with E-state index in [2.05, 4.69) is 69.1 Å². The van der Waals surface area contributed by atoms with Gasteiger partial charge in [0.1, 0.15) is 0 Å². The summed E-state index contributed by atoms with van der Waals surface area (Å²) in [6, 6.07) is 8.93. The maximum Gasteiger partial charge on any atom is 0.0363 e. The SMILES string of the molecule is CC(C)c1ccc(N(C)CCCN(C)C)cc1. The molecule has 96 valence electrons. The van der Waals surface area contributed by atoms with Crippen LogP contribution in [0, 0.1) is 0 Å². The molecule has 1 aromatic rings. The molecule has 0 saturated carbocycles. The highest BCUT2D eigenvalue weighted by molar-refractivity contribution is 5.47. The minimum atomic E-state index is 0.614. The summed E-state index contributed by atoms with van der Waals surface area (Å²) in [5.74, 6) is 0.614. The van der Waals surface area contributed by atoms with Crippen molar-refractivity contribution in [3.8, 4) is 0 Å². The molecule has 2 nitrogen and oxygen atoms in total. The van der Waals surface area contributed by atoms with Gasteiger partial charge in [-0.15, -0.1) is 0 Å². The zero-order valence-corrected chi connectivity index (χ0v) is 11.9. The van der Waals surface area contributed by atoms with E-state index in [-0.39, 0.29) is 0 Å². The van der Waals surface area contributed by atoms with E-state index in [4.69, 9.17) is 0 Å². The van der Waals surface area contributed by atoms with E-state index in [0.29, 0.717) is 5.92 Å². The van der Waals surface area contributed by atoms with Crippen molar-refractivity contribution in [2.24, 2.45) is 0 Å². The molecule has 0 atom stereocenters. The Bertz CT molecular complexity index is 314. The van der Waals surface area contributed by atoms with Gasteiger partial charge in [-0.3, -0.25) is 0 Å².